The van der Waals surface area contributed by atoms with Crippen molar-refractivity contribution in [3.05, 3.63) is 71.7 Å². The Bertz CT molecular complexity index is 970. The number of rotatable bonds is 5. The van der Waals surface area contributed by atoms with Crippen molar-refractivity contribution in [3.63, 3.8) is 0 Å². The van der Waals surface area contributed by atoms with Crippen molar-refractivity contribution >= 4 is 21.7 Å². The first-order valence-electron chi connectivity index (χ1n) is 7.92. The van der Waals surface area contributed by atoms with Gasteiger partial charge in [-0.15, -0.1) is 0 Å². The largest absolute Gasteiger partial charge is 0.506 e. The number of ketones is 1. The van der Waals surface area contributed by atoms with Crippen LogP contribution < -0.4 is 9.03 Å². The summed E-state index contributed by atoms with van der Waals surface area (Å²) in [5.74, 6) is -1.11. The second-order valence-electron chi connectivity index (χ2n) is 6.08. The van der Waals surface area contributed by atoms with Crippen molar-refractivity contribution in [3.8, 4) is 5.75 Å². The van der Waals surface area contributed by atoms with Gasteiger partial charge in [-0.25, -0.2) is 9.03 Å². The molecule has 136 valence electrons. The molecular formula is C18H18N2O5S. The Kier molecular flexibility index (Phi) is 4.60. The fraction of sp³-hybridized carbons (Fsp3) is 0.167. The van der Waals surface area contributed by atoms with Gasteiger partial charge in [0.2, 0.25) is 5.88 Å². The minimum Gasteiger partial charge on any atom is -0.506 e. The molecule has 1 atom stereocenters. The quantitative estimate of drug-likeness (QED) is 0.697. The maximum atomic E-state index is 12.4. The van der Waals surface area contributed by atoms with E-state index in [1.54, 1.807) is 37.3 Å². The van der Waals surface area contributed by atoms with Gasteiger partial charge >= 0.3 is 10.2 Å². The summed E-state index contributed by atoms with van der Waals surface area (Å²) in [6, 6.07) is 13.4. The summed E-state index contributed by atoms with van der Waals surface area (Å²) in [4.78, 5) is 12.4. The zero-order chi connectivity index (χ0) is 18.9. The lowest BCUT2D eigenvalue weighted by Crippen LogP contribution is -2.29. The predicted molar refractivity (Wildman–Crippen MR) is 97.0 cm³/mol. The SMILES string of the molecule is CC(Cc1ccc(N2C=C(O)NS2(=O)=O)c(O)c1)C(=O)c1ccccc1. The molecule has 7 nitrogen and oxygen atoms in total. The molecule has 0 aromatic heterocycles. The number of aliphatic hydroxyl groups is 1. The lowest BCUT2D eigenvalue weighted by molar-refractivity contribution is 0.0929. The average molecular weight is 374 g/mol. The van der Waals surface area contributed by atoms with Crippen LogP contribution in [0.3, 0.4) is 0 Å². The Morgan fingerprint density at radius 2 is 1.85 bits per heavy atom. The van der Waals surface area contributed by atoms with Crippen molar-refractivity contribution in [2.24, 2.45) is 5.92 Å². The smallest absolute Gasteiger partial charge is 0.330 e. The van der Waals surface area contributed by atoms with Gasteiger partial charge in [-0.1, -0.05) is 43.3 Å². The number of carbonyl (C=O) groups is 1. The molecule has 2 aromatic carbocycles. The second kappa shape index (κ2) is 6.72. The Balaban J connectivity index is 1.79. The molecule has 0 saturated heterocycles. The monoisotopic (exact) mass is 374 g/mol. The number of anilines is 1. The van der Waals surface area contributed by atoms with Gasteiger partial charge in [0.15, 0.2) is 5.78 Å². The van der Waals surface area contributed by atoms with Gasteiger partial charge in [0.1, 0.15) is 11.4 Å². The molecule has 2 aromatic rings. The summed E-state index contributed by atoms with van der Waals surface area (Å²) >= 11 is 0. The topological polar surface area (TPSA) is 107 Å². The Morgan fingerprint density at radius 3 is 2.42 bits per heavy atom. The highest BCUT2D eigenvalue weighted by Crippen LogP contribution is 2.33. The molecule has 0 spiro atoms. The molecule has 26 heavy (non-hydrogen) atoms. The van der Waals surface area contributed by atoms with Gasteiger partial charge in [0.25, 0.3) is 0 Å². The number of phenols is 1. The number of carbonyl (C=O) groups excluding carboxylic acids is 1. The highest BCUT2D eigenvalue weighted by molar-refractivity contribution is 7.91. The minimum atomic E-state index is -3.97. The van der Waals surface area contributed by atoms with E-state index in [9.17, 15) is 23.4 Å². The van der Waals surface area contributed by atoms with Crippen LogP contribution in [0.5, 0.6) is 5.75 Å². The van der Waals surface area contributed by atoms with Crippen molar-refractivity contribution < 1.29 is 23.4 Å². The van der Waals surface area contributed by atoms with E-state index >= 15 is 0 Å². The molecule has 0 radical (unpaired) electrons. The maximum absolute atomic E-state index is 12.4. The van der Waals surface area contributed by atoms with Crippen LogP contribution in [0.1, 0.15) is 22.8 Å². The van der Waals surface area contributed by atoms with Crippen molar-refractivity contribution in [2.75, 3.05) is 4.31 Å². The fourth-order valence-electron chi connectivity index (χ4n) is 2.80. The van der Waals surface area contributed by atoms with Gasteiger partial charge in [-0.2, -0.15) is 8.42 Å². The van der Waals surface area contributed by atoms with Crippen LogP contribution >= 0.6 is 0 Å². The van der Waals surface area contributed by atoms with Crippen molar-refractivity contribution in [1.82, 2.24) is 4.72 Å². The molecule has 8 heteroatoms. The van der Waals surface area contributed by atoms with E-state index in [2.05, 4.69) is 0 Å². The normalized spacial score (nSPS) is 16.7. The molecule has 0 amide bonds. The summed E-state index contributed by atoms with van der Waals surface area (Å²) in [5.41, 5.74) is 1.32. The van der Waals surface area contributed by atoms with Crippen LogP contribution in [0.15, 0.2) is 60.6 Å². The predicted octanol–water partition coefficient (Wildman–Crippen LogP) is 2.47. The molecular weight excluding hydrogens is 356 g/mol. The summed E-state index contributed by atoms with van der Waals surface area (Å²) in [6.07, 6.45) is 1.36. The van der Waals surface area contributed by atoms with Crippen LogP contribution in [0, 0.1) is 5.92 Å². The van der Waals surface area contributed by atoms with Gasteiger partial charge in [0.05, 0.1) is 6.20 Å². The number of hydrogen-bond acceptors (Lipinski definition) is 5. The lowest BCUT2D eigenvalue weighted by Gasteiger charge is -2.17. The number of nitrogens with zero attached hydrogens (tertiary/aromatic N) is 1. The van der Waals surface area contributed by atoms with Crippen molar-refractivity contribution in [2.45, 2.75) is 13.3 Å². The third-order valence-electron chi connectivity index (χ3n) is 4.06. The number of phenolic OH excluding ortho intramolecular Hbond substituents is 1. The molecule has 3 rings (SSSR count). The second-order valence-corrected chi connectivity index (χ2v) is 7.62. The number of nitrogens with one attached hydrogen (secondary N) is 1. The summed E-state index contributed by atoms with van der Waals surface area (Å²) < 4.78 is 26.4. The first kappa shape index (κ1) is 17.8. The summed E-state index contributed by atoms with van der Waals surface area (Å²) in [5, 5.41) is 19.5. The lowest BCUT2D eigenvalue weighted by atomic mass is 9.93. The summed E-state index contributed by atoms with van der Waals surface area (Å²) in [6.45, 7) is 1.80. The first-order valence-corrected chi connectivity index (χ1v) is 9.36. The van der Waals surface area contributed by atoms with E-state index in [1.165, 1.54) is 12.1 Å². The number of Topliss-reactive ketones (excluding diaryl/α,β-unsaturated/α-hetero) is 1. The third-order valence-corrected chi connectivity index (χ3v) is 5.34. The highest BCUT2D eigenvalue weighted by Gasteiger charge is 2.30. The number of hydrogen-bond donors (Lipinski definition) is 3. The average Bonchev–Trinajstić information content (AvgIpc) is 2.87. The third kappa shape index (κ3) is 3.50. The van der Waals surface area contributed by atoms with Crippen LogP contribution in [-0.4, -0.2) is 24.4 Å². The van der Waals surface area contributed by atoms with E-state index in [4.69, 9.17) is 0 Å². The zero-order valence-electron chi connectivity index (χ0n) is 14.0. The Labute approximate surface area is 151 Å². The van der Waals surface area contributed by atoms with Gasteiger partial charge in [0, 0.05) is 11.5 Å². The highest BCUT2D eigenvalue weighted by atomic mass is 32.2. The first-order chi connectivity index (χ1) is 12.3. The van der Waals surface area contributed by atoms with Crippen LogP contribution in [-0.2, 0) is 16.6 Å². The fourth-order valence-corrected chi connectivity index (χ4v) is 3.87. The Morgan fingerprint density at radius 1 is 1.15 bits per heavy atom. The zero-order valence-corrected chi connectivity index (χ0v) is 14.8. The molecule has 0 saturated carbocycles. The van der Waals surface area contributed by atoms with E-state index < -0.39 is 16.1 Å². The minimum absolute atomic E-state index is 0.00616. The standard InChI is InChI=1S/C18H18N2O5S/c1-12(18(23)14-5-3-2-4-6-14)9-13-7-8-15(16(21)10-13)20-11-17(22)19-26(20,24)25/h2-8,10-12,19,21-22H,9H2,1H3. The van der Waals surface area contributed by atoms with Crippen LogP contribution in [0.4, 0.5) is 5.69 Å². The van der Waals surface area contributed by atoms with Gasteiger partial charge in [-0.3, -0.25) is 4.79 Å². The van der Waals surface area contributed by atoms with E-state index in [0.717, 1.165) is 10.5 Å². The molecule has 1 aliphatic rings. The molecule has 0 bridgehead atoms. The van der Waals surface area contributed by atoms with E-state index in [0.29, 0.717) is 17.5 Å². The number of aliphatic hydroxyl groups excluding tert-OH is 1. The maximum Gasteiger partial charge on any atom is 0.330 e. The van der Waals surface area contributed by atoms with Crippen molar-refractivity contribution in [1.29, 1.82) is 0 Å². The Hall–Kier alpha value is -3.00. The molecule has 3 N–H and O–H groups in total. The van der Waals surface area contributed by atoms with Gasteiger partial charge in [-0.05, 0) is 24.1 Å². The molecule has 1 aliphatic heterocycles. The van der Waals surface area contributed by atoms with E-state index in [-0.39, 0.29) is 23.1 Å². The van der Waals surface area contributed by atoms with Gasteiger partial charge < -0.3 is 10.2 Å². The molecule has 0 fully saturated rings. The summed E-state index contributed by atoms with van der Waals surface area (Å²) in [7, 11) is -3.97. The molecule has 1 unspecified atom stereocenters. The molecule has 0 aliphatic carbocycles. The van der Waals surface area contributed by atoms with Crippen LogP contribution in [0.2, 0.25) is 0 Å². The molecule has 1 heterocycles. The number of aromatic hydroxyl groups is 1. The van der Waals surface area contributed by atoms with Crippen LogP contribution in [0.25, 0.3) is 0 Å². The number of benzene rings is 2. The van der Waals surface area contributed by atoms with E-state index in [1.807, 2.05) is 10.8 Å².